The maximum absolute atomic E-state index is 12.5. The van der Waals surface area contributed by atoms with Crippen molar-refractivity contribution in [1.29, 1.82) is 0 Å². The van der Waals surface area contributed by atoms with Crippen LogP contribution in [0.2, 0.25) is 0 Å². The molecule has 3 aliphatic rings. The molecule has 1 amide bonds. The summed E-state index contributed by atoms with van der Waals surface area (Å²) in [4.78, 5) is 14.6. The third kappa shape index (κ3) is 2.28. The van der Waals surface area contributed by atoms with Crippen LogP contribution in [0.4, 0.5) is 0 Å². The van der Waals surface area contributed by atoms with Crippen molar-refractivity contribution in [2.45, 2.75) is 69.8 Å². The van der Waals surface area contributed by atoms with Gasteiger partial charge in [-0.1, -0.05) is 12.8 Å². The predicted octanol–water partition coefficient (Wildman–Crippen LogP) is 1.72. The first-order chi connectivity index (χ1) is 8.75. The van der Waals surface area contributed by atoms with E-state index >= 15 is 0 Å². The number of carbonyl (C=O) groups excluding carboxylic acids is 1. The van der Waals surface area contributed by atoms with Gasteiger partial charge in [0.25, 0.3) is 5.91 Å². The third-order valence-electron chi connectivity index (χ3n) is 4.52. The second-order valence-electron chi connectivity index (χ2n) is 5.81. The minimum absolute atomic E-state index is 0.194. The largest absolute Gasteiger partial charge is 0.374 e. The molecule has 0 aromatic heterocycles. The Morgan fingerprint density at radius 2 is 2.00 bits per heavy atom. The van der Waals surface area contributed by atoms with Gasteiger partial charge in [-0.15, -0.1) is 0 Å². The van der Waals surface area contributed by atoms with Crippen molar-refractivity contribution < 1.29 is 14.3 Å². The summed E-state index contributed by atoms with van der Waals surface area (Å²) in [5, 5.41) is 0. The van der Waals surface area contributed by atoms with E-state index in [2.05, 4.69) is 11.8 Å². The number of rotatable bonds is 1. The highest BCUT2D eigenvalue weighted by molar-refractivity contribution is 5.81. The molecular weight excluding hydrogens is 230 g/mol. The van der Waals surface area contributed by atoms with Crippen molar-refractivity contribution in [1.82, 2.24) is 4.90 Å². The lowest BCUT2D eigenvalue weighted by Gasteiger charge is -2.44. The summed E-state index contributed by atoms with van der Waals surface area (Å²) in [6, 6.07) is 0.305. The lowest BCUT2D eigenvalue weighted by Crippen LogP contribution is -2.57. The van der Waals surface area contributed by atoms with Gasteiger partial charge in [-0.05, 0) is 32.6 Å². The van der Waals surface area contributed by atoms with Crippen LogP contribution >= 0.6 is 0 Å². The van der Waals surface area contributed by atoms with Crippen LogP contribution in [-0.4, -0.2) is 48.3 Å². The van der Waals surface area contributed by atoms with Crippen molar-refractivity contribution in [3.05, 3.63) is 0 Å². The van der Waals surface area contributed by atoms with E-state index in [1.54, 1.807) is 0 Å². The average molecular weight is 253 g/mol. The number of morpholine rings is 1. The molecule has 4 nitrogen and oxygen atoms in total. The Morgan fingerprint density at radius 3 is 2.78 bits per heavy atom. The quantitative estimate of drug-likeness (QED) is 0.714. The molecule has 4 heteroatoms. The Balaban J connectivity index is 1.68. The van der Waals surface area contributed by atoms with Crippen LogP contribution in [0.1, 0.15) is 45.4 Å². The van der Waals surface area contributed by atoms with Crippen LogP contribution in [0.15, 0.2) is 0 Å². The van der Waals surface area contributed by atoms with Crippen molar-refractivity contribution in [2.24, 2.45) is 0 Å². The molecule has 0 aromatic rings. The maximum Gasteiger partial charge on any atom is 0.252 e. The predicted molar refractivity (Wildman–Crippen MR) is 67.3 cm³/mol. The SMILES string of the molecule is CC1CCC(C(=O)N2CCOC3CCCCC32)O1. The highest BCUT2D eigenvalue weighted by Crippen LogP contribution is 2.30. The Morgan fingerprint density at radius 1 is 1.17 bits per heavy atom. The molecule has 4 unspecified atom stereocenters. The standard InChI is InChI=1S/C14H23NO3/c1-10-6-7-13(18-10)14(16)15-8-9-17-12-5-3-2-4-11(12)15/h10-13H,2-9H2,1H3. The van der Waals surface area contributed by atoms with E-state index in [-0.39, 0.29) is 24.2 Å². The fraction of sp³-hybridized carbons (Fsp3) is 0.929. The fourth-order valence-electron chi connectivity index (χ4n) is 3.54. The fourth-order valence-corrected chi connectivity index (χ4v) is 3.54. The van der Waals surface area contributed by atoms with E-state index in [0.717, 1.165) is 32.2 Å². The molecule has 0 bridgehead atoms. The maximum atomic E-state index is 12.5. The summed E-state index contributed by atoms with van der Waals surface area (Å²) in [5.74, 6) is 0.208. The first-order valence-corrected chi connectivity index (χ1v) is 7.33. The van der Waals surface area contributed by atoms with Crippen LogP contribution in [0.25, 0.3) is 0 Å². The number of hydrogen-bond acceptors (Lipinski definition) is 3. The van der Waals surface area contributed by atoms with Gasteiger partial charge in [0.1, 0.15) is 6.10 Å². The number of ether oxygens (including phenoxy) is 2. The smallest absolute Gasteiger partial charge is 0.252 e. The number of hydrogen-bond donors (Lipinski definition) is 0. The first-order valence-electron chi connectivity index (χ1n) is 7.33. The van der Waals surface area contributed by atoms with Crippen LogP contribution < -0.4 is 0 Å². The normalized spacial score (nSPS) is 40.6. The highest BCUT2D eigenvalue weighted by Gasteiger charge is 2.40. The van der Waals surface area contributed by atoms with Gasteiger partial charge in [0.2, 0.25) is 0 Å². The van der Waals surface area contributed by atoms with Crippen LogP contribution in [0.5, 0.6) is 0 Å². The molecule has 0 spiro atoms. The lowest BCUT2D eigenvalue weighted by atomic mass is 9.90. The molecule has 3 fully saturated rings. The Labute approximate surface area is 109 Å². The first kappa shape index (κ1) is 12.4. The third-order valence-corrected chi connectivity index (χ3v) is 4.52. The molecule has 0 radical (unpaired) electrons. The Kier molecular flexibility index (Phi) is 3.57. The van der Waals surface area contributed by atoms with Crippen LogP contribution in [0, 0.1) is 0 Å². The van der Waals surface area contributed by atoms with Crippen molar-refractivity contribution in [3.8, 4) is 0 Å². The summed E-state index contributed by atoms with van der Waals surface area (Å²) in [5.41, 5.74) is 0. The van der Waals surface area contributed by atoms with Gasteiger partial charge in [-0.25, -0.2) is 0 Å². The number of fused-ring (bicyclic) bond motifs is 1. The zero-order valence-electron chi connectivity index (χ0n) is 11.1. The Hall–Kier alpha value is -0.610. The second kappa shape index (κ2) is 5.17. The van der Waals surface area contributed by atoms with Gasteiger partial charge in [0.15, 0.2) is 0 Å². The molecule has 2 heterocycles. The molecule has 102 valence electrons. The number of carbonyl (C=O) groups is 1. The van der Waals surface area contributed by atoms with Gasteiger partial charge in [0.05, 0.1) is 24.9 Å². The van der Waals surface area contributed by atoms with E-state index in [1.165, 1.54) is 12.8 Å². The Bertz CT molecular complexity index is 318. The van der Waals surface area contributed by atoms with E-state index < -0.39 is 0 Å². The van der Waals surface area contributed by atoms with Gasteiger partial charge in [-0.3, -0.25) is 4.79 Å². The lowest BCUT2D eigenvalue weighted by molar-refractivity contribution is -0.160. The number of nitrogens with zero attached hydrogens (tertiary/aromatic N) is 1. The molecule has 2 aliphatic heterocycles. The molecule has 1 saturated carbocycles. The van der Waals surface area contributed by atoms with Crippen molar-refractivity contribution in [2.75, 3.05) is 13.2 Å². The van der Waals surface area contributed by atoms with Crippen molar-refractivity contribution >= 4 is 5.91 Å². The van der Waals surface area contributed by atoms with Gasteiger partial charge < -0.3 is 14.4 Å². The topological polar surface area (TPSA) is 38.8 Å². The molecule has 1 aliphatic carbocycles. The van der Waals surface area contributed by atoms with Crippen molar-refractivity contribution in [3.63, 3.8) is 0 Å². The van der Waals surface area contributed by atoms with Gasteiger partial charge in [0, 0.05) is 6.54 Å². The minimum atomic E-state index is -0.194. The summed E-state index contributed by atoms with van der Waals surface area (Å²) < 4.78 is 11.5. The average Bonchev–Trinajstić information content (AvgIpc) is 2.84. The summed E-state index contributed by atoms with van der Waals surface area (Å²) in [6.45, 7) is 3.49. The molecule has 2 saturated heterocycles. The minimum Gasteiger partial charge on any atom is -0.374 e. The summed E-state index contributed by atoms with van der Waals surface area (Å²) in [6.07, 6.45) is 6.87. The second-order valence-corrected chi connectivity index (χ2v) is 5.81. The summed E-state index contributed by atoms with van der Waals surface area (Å²) >= 11 is 0. The molecule has 0 N–H and O–H groups in total. The zero-order chi connectivity index (χ0) is 12.5. The van der Waals surface area contributed by atoms with Gasteiger partial charge in [-0.2, -0.15) is 0 Å². The van der Waals surface area contributed by atoms with Crippen LogP contribution in [-0.2, 0) is 14.3 Å². The summed E-state index contributed by atoms with van der Waals surface area (Å²) in [7, 11) is 0. The molecule has 18 heavy (non-hydrogen) atoms. The zero-order valence-corrected chi connectivity index (χ0v) is 11.1. The molecule has 4 atom stereocenters. The highest BCUT2D eigenvalue weighted by atomic mass is 16.5. The van der Waals surface area contributed by atoms with E-state index in [1.807, 2.05) is 0 Å². The van der Waals surface area contributed by atoms with E-state index in [9.17, 15) is 4.79 Å². The van der Waals surface area contributed by atoms with E-state index in [0.29, 0.717) is 12.6 Å². The van der Waals surface area contributed by atoms with Gasteiger partial charge >= 0.3 is 0 Å². The monoisotopic (exact) mass is 253 g/mol. The molecule has 0 aromatic carbocycles. The molecule has 3 rings (SSSR count). The van der Waals surface area contributed by atoms with Crippen LogP contribution in [0.3, 0.4) is 0 Å². The number of amides is 1. The van der Waals surface area contributed by atoms with E-state index in [4.69, 9.17) is 9.47 Å². The molecular formula is C14H23NO3.